The minimum absolute atomic E-state index is 0.524. The summed E-state index contributed by atoms with van der Waals surface area (Å²) < 4.78 is 11.1. The first-order chi connectivity index (χ1) is 11.4. The lowest BCUT2D eigenvalue weighted by Crippen LogP contribution is -2.09. The van der Waals surface area contributed by atoms with Gasteiger partial charge in [-0.25, -0.2) is 0 Å². The van der Waals surface area contributed by atoms with E-state index in [4.69, 9.17) is 32.7 Å². The summed E-state index contributed by atoms with van der Waals surface area (Å²) in [4.78, 5) is 0. The summed E-state index contributed by atoms with van der Waals surface area (Å²) in [5, 5.41) is 0. The Morgan fingerprint density at radius 3 is 1.25 bits per heavy atom. The van der Waals surface area contributed by atoms with Gasteiger partial charge >= 0.3 is 0 Å². The summed E-state index contributed by atoms with van der Waals surface area (Å²) in [5.41, 5.74) is 2.62. The number of hydrogen-bond donors (Lipinski definition) is 0. The third-order valence-corrected chi connectivity index (χ3v) is 4.22. The van der Waals surface area contributed by atoms with Crippen molar-refractivity contribution in [3.8, 4) is 22.6 Å². The van der Waals surface area contributed by atoms with Crippen LogP contribution in [0.3, 0.4) is 0 Å². The van der Waals surface area contributed by atoms with Gasteiger partial charge in [-0.1, -0.05) is 60.6 Å². The summed E-state index contributed by atoms with van der Waals surface area (Å²) >= 11 is 12.1. The average molecular weight is 363 g/mol. The van der Waals surface area contributed by atoms with E-state index < -0.39 is 11.1 Å². The van der Waals surface area contributed by atoms with E-state index in [0.717, 1.165) is 22.3 Å². The van der Waals surface area contributed by atoms with E-state index >= 15 is 0 Å². The van der Waals surface area contributed by atoms with Gasteiger partial charge in [0.05, 0.1) is 0 Å². The minimum Gasteiger partial charge on any atom is -0.471 e. The van der Waals surface area contributed by atoms with Crippen molar-refractivity contribution in [2.24, 2.45) is 0 Å². The van der Waals surface area contributed by atoms with Crippen molar-refractivity contribution < 1.29 is 9.47 Å². The van der Waals surface area contributed by atoms with Gasteiger partial charge in [-0.3, -0.25) is 0 Å². The highest BCUT2D eigenvalue weighted by molar-refractivity contribution is 6.21. The molecule has 0 aliphatic rings. The fourth-order valence-corrected chi connectivity index (χ4v) is 2.10. The van der Waals surface area contributed by atoms with E-state index in [2.05, 4.69) is 13.2 Å². The van der Waals surface area contributed by atoms with Gasteiger partial charge in [0.15, 0.2) is 11.1 Å². The topological polar surface area (TPSA) is 18.5 Å². The molecule has 0 amide bonds. The van der Waals surface area contributed by atoms with Crippen molar-refractivity contribution in [3.63, 3.8) is 0 Å². The molecule has 0 fully saturated rings. The van der Waals surface area contributed by atoms with Crippen LogP contribution in [0.25, 0.3) is 11.1 Å². The van der Waals surface area contributed by atoms with Crippen LogP contribution >= 0.6 is 23.2 Å². The molecule has 0 bridgehead atoms. The molecule has 0 N–H and O–H groups in total. The van der Waals surface area contributed by atoms with Crippen molar-refractivity contribution in [2.45, 2.75) is 25.0 Å². The Kier molecular flexibility index (Phi) is 6.36. The summed E-state index contributed by atoms with van der Waals surface area (Å²) in [5.74, 6) is 1.40. The molecule has 0 heterocycles. The lowest BCUT2D eigenvalue weighted by molar-refractivity contribution is 0.315. The first kappa shape index (κ1) is 18.4. The third-order valence-electron chi connectivity index (χ3n) is 3.30. The Morgan fingerprint density at radius 2 is 1.00 bits per heavy atom. The quantitative estimate of drug-likeness (QED) is 0.419. The highest BCUT2D eigenvalue weighted by Crippen LogP contribution is 2.27. The molecule has 2 atom stereocenters. The van der Waals surface area contributed by atoms with Gasteiger partial charge in [-0.2, -0.15) is 0 Å². The summed E-state index contributed by atoms with van der Waals surface area (Å²) in [6.07, 6.45) is 0. The number of hydrogen-bond acceptors (Lipinski definition) is 2. The zero-order valence-corrected chi connectivity index (χ0v) is 15.3. The van der Waals surface area contributed by atoms with Crippen molar-refractivity contribution in [1.29, 1.82) is 0 Å². The Morgan fingerprint density at radius 1 is 0.708 bits per heavy atom. The fourth-order valence-electron chi connectivity index (χ4n) is 1.89. The number of halogens is 2. The lowest BCUT2D eigenvalue weighted by Gasteiger charge is -2.14. The van der Waals surface area contributed by atoms with Crippen molar-refractivity contribution >= 4 is 23.2 Å². The minimum atomic E-state index is -0.524. The van der Waals surface area contributed by atoms with E-state index in [1.807, 2.05) is 62.4 Å². The molecule has 0 aliphatic heterocycles. The number of benzene rings is 2. The standard InChI is InChI=1S/C20H20Cl2O2/c1-13(2)19(21)23-17-9-5-15(6-10-17)16-7-11-18(12-8-16)24-20(22)14(3)4/h5-12,19-20H,1,3H2,2,4H3. The predicted molar refractivity (Wildman–Crippen MR) is 102 cm³/mol. The van der Waals surface area contributed by atoms with Crippen LogP contribution in [-0.4, -0.2) is 11.1 Å². The first-order valence-corrected chi connectivity index (χ1v) is 8.37. The lowest BCUT2D eigenvalue weighted by atomic mass is 10.1. The van der Waals surface area contributed by atoms with E-state index in [1.54, 1.807) is 0 Å². The second-order valence-electron chi connectivity index (χ2n) is 5.61. The average Bonchev–Trinajstić information content (AvgIpc) is 2.56. The highest BCUT2D eigenvalue weighted by atomic mass is 35.5. The number of alkyl halides is 2. The van der Waals surface area contributed by atoms with Gasteiger partial charge in [-0.05, 0) is 60.4 Å². The number of rotatable bonds is 7. The molecule has 24 heavy (non-hydrogen) atoms. The van der Waals surface area contributed by atoms with Crippen LogP contribution in [0.2, 0.25) is 0 Å². The maximum Gasteiger partial charge on any atom is 0.193 e. The molecular formula is C20H20Cl2O2. The second kappa shape index (κ2) is 8.27. The van der Waals surface area contributed by atoms with Gasteiger partial charge < -0.3 is 9.47 Å². The van der Waals surface area contributed by atoms with Crippen LogP contribution in [-0.2, 0) is 0 Å². The molecule has 0 radical (unpaired) electrons. The largest absolute Gasteiger partial charge is 0.471 e. The predicted octanol–water partition coefficient (Wildman–Crippen LogP) is 6.39. The van der Waals surface area contributed by atoms with Crippen LogP contribution in [0, 0.1) is 0 Å². The van der Waals surface area contributed by atoms with Gasteiger partial charge in [-0.15, -0.1) is 0 Å². The molecule has 2 aromatic carbocycles. The molecule has 0 aliphatic carbocycles. The molecule has 2 unspecified atom stereocenters. The van der Waals surface area contributed by atoms with Crippen LogP contribution in [0.1, 0.15) is 13.8 Å². The van der Waals surface area contributed by atoms with Gasteiger partial charge in [0.1, 0.15) is 11.5 Å². The van der Waals surface area contributed by atoms with Crippen molar-refractivity contribution in [1.82, 2.24) is 0 Å². The summed E-state index contributed by atoms with van der Waals surface area (Å²) in [6.45, 7) is 11.2. The Balaban J connectivity index is 2.06. The number of ether oxygens (including phenoxy) is 2. The molecule has 2 rings (SSSR count). The Bertz CT molecular complexity index is 642. The van der Waals surface area contributed by atoms with Crippen molar-refractivity contribution in [3.05, 3.63) is 72.8 Å². The second-order valence-corrected chi connectivity index (χ2v) is 6.40. The molecule has 0 spiro atoms. The van der Waals surface area contributed by atoms with Gasteiger partial charge in [0.2, 0.25) is 0 Å². The molecule has 0 saturated heterocycles. The molecule has 0 aromatic heterocycles. The molecular weight excluding hydrogens is 343 g/mol. The third kappa shape index (κ3) is 5.05. The SMILES string of the molecule is C=C(C)C(Cl)Oc1ccc(-c2ccc(OC(Cl)C(=C)C)cc2)cc1. The van der Waals surface area contributed by atoms with E-state index in [0.29, 0.717) is 11.5 Å². The maximum atomic E-state index is 6.04. The molecule has 0 saturated carbocycles. The molecule has 126 valence electrons. The zero-order chi connectivity index (χ0) is 17.7. The highest BCUT2D eigenvalue weighted by Gasteiger charge is 2.08. The molecule has 4 heteroatoms. The van der Waals surface area contributed by atoms with Crippen molar-refractivity contribution in [2.75, 3.05) is 0 Å². The van der Waals surface area contributed by atoms with Gasteiger partial charge in [0, 0.05) is 0 Å². The maximum absolute atomic E-state index is 6.04. The van der Waals surface area contributed by atoms with Crippen LogP contribution in [0.5, 0.6) is 11.5 Å². The Labute approximate surface area is 153 Å². The molecule has 2 aromatic rings. The van der Waals surface area contributed by atoms with Crippen LogP contribution < -0.4 is 9.47 Å². The zero-order valence-electron chi connectivity index (χ0n) is 13.8. The van der Waals surface area contributed by atoms with E-state index in [1.165, 1.54) is 0 Å². The normalized spacial score (nSPS) is 13.0. The summed E-state index contributed by atoms with van der Waals surface area (Å²) in [6, 6.07) is 15.4. The first-order valence-electron chi connectivity index (χ1n) is 7.49. The van der Waals surface area contributed by atoms with E-state index in [-0.39, 0.29) is 0 Å². The smallest absolute Gasteiger partial charge is 0.193 e. The van der Waals surface area contributed by atoms with Crippen LogP contribution in [0.4, 0.5) is 0 Å². The monoisotopic (exact) mass is 362 g/mol. The summed E-state index contributed by atoms with van der Waals surface area (Å²) in [7, 11) is 0. The van der Waals surface area contributed by atoms with Gasteiger partial charge in [0.25, 0.3) is 0 Å². The Hall–Kier alpha value is -1.90. The van der Waals surface area contributed by atoms with E-state index in [9.17, 15) is 0 Å². The fraction of sp³-hybridized carbons (Fsp3) is 0.200. The van der Waals surface area contributed by atoms with Crippen LogP contribution in [0.15, 0.2) is 72.8 Å². The molecule has 2 nitrogen and oxygen atoms in total.